The standard InChI is InChI=1S/C12H20O2.C6H10O2/c1-3-5-7-9-11-14-12(13)10-8-6-4-2;1-2-3-4-5-6(7)8/h5,7-8,10H,3-4,6,9,11H2,1-2H3;4-5H,2-3H2,1H3,(H,7,8)/b7-5-,10-8+;5-4+. The molecule has 0 unspecified atom stereocenters. The minimum Gasteiger partial charge on any atom is -0.478 e. The van der Waals surface area contributed by atoms with Crippen LogP contribution in [0.2, 0.25) is 0 Å². The first kappa shape index (κ1) is 22.4. The van der Waals surface area contributed by atoms with Crippen LogP contribution in [0.25, 0.3) is 0 Å². The summed E-state index contributed by atoms with van der Waals surface area (Å²) in [7, 11) is 0. The molecule has 1 N–H and O–H groups in total. The molecule has 22 heavy (non-hydrogen) atoms. The molecule has 0 saturated heterocycles. The largest absolute Gasteiger partial charge is 0.478 e. The van der Waals surface area contributed by atoms with Crippen molar-refractivity contribution in [2.75, 3.05) is 6.61 Å². The van der Waals surface area contributed by atoms with Crippen LogP contribution in [0.15, 0.2) is 36.5 Å². The minimum absolute atomic E-state index is 0.233. The number of esters is 1. The van der Waals surface area contributed by atoms with Gasteiger partial charge in [0, 0.05) is 12.2 Å². The number of allylic oxidation sites excluding steroid dienone is 3. The Hall–Kier alpha value is -1.84. The fourth-order valence-electron chi connectivity index (χ4n) is 1.26. The number of unbranched alkanes of at least 4 members (excludes halogenated alkanes) is 2. The maximum Gasteiger partial charge on any atom is 0.330 e. The number of aliphatic carboxylic acids is 1. The second-order valence-electron chi connectivity index (χ2n) is 4.56. The summed E-state index contributed by atoms with van der Waals surface area (Å²) in [6, 6.07) is 0. The van der Waals surface area contributed by atoms with E-state index in [0.717, 1.165) is 38.5 Å². The fourth-order valence-corrected chi connectivity index (χ4v) is 1.26. The highest BCUT2D eigenvalue weighted by molar-refractivity contribution is 5.81. The first-order valence-electron chi connectivity index (χ1n) is 7.96. The van der Waals surface area contributed by atoms with Crippen LogP contribution in [0.1, 0.15) is 59.3 Å². The van der Waals surface area contributed by atoms with Crippen LogP contribution in [0.3, 0.4) is 0 Å². The predicted octanol–water partition coefficient (Wildman–Crippen LogP) is 4.67. The fraction of sp³-hybridized carbons (Fsp3) is 0.556. The third-order valence-electron chi connectivity index (χ3n) is 2.36. The molecule has 0 aliphatic rings. The summed E-state index contributed by atoms with van der Waals surface area (Å²) in [4.78, 5) is 20.8. The molecule has 4 heteroatoms. The number of carboxylic acids is 1. The van der Waals surface area contributed by atoms with Crippen molar-refractivity contribution in [1.82, 2.24) is 0 Å². The van der Waals surface area contributed by atoms with Crippen molar-refractivity contribution in [2.24, 2.45) is 0 Å². The average molecular weight is 310 g/mol. The van der Waals surface area contributed by atoms with Crippen LogP contribution in [-0.2, 0) is 14.3 Å². The Balaban J connectivity index is 0. The van der Waals surface area contributed by atoms with Crippen LogP contribution < -0.4 is 0 Å². The number of hydrogen-bond donors (Lipinski definition) is 1. The van der Waals surface area contributed by atoms with E-state index in [2.05, 4.69) is 19.9 Å². The van der Waals surface area contributed by atoms with E-state index in [9.17, 15) is 9.59 Å². The maximum absolute atomic E-state index is 11.0. The van der Waals surface area contributed by atoms with Crippen molar-refractivity contribution in [2.45, 2.75) is 59.3 Å². The highest BCUT2D eigenvalue weighted by atomic mass is 16.5. The normalized spacial score (nSPS) is 10.9. The van der Waals surface area contributed by atoms with Gasteiger partial charge in [0.25, 0.3) is 0 Å². The molecule has 0 fully saturated rings. The molecule has 0 spiro atoms. The first-order chi connectivity index (χ1) is 10.6. The Morgan fingerprint density at radius 3 is 1.95 bits per heavy atom. The molecule has 0 radical (unpaired) electrons. The number of ether oxygens (including phenoxy) is 1. The second-order valence-corrected chi connectivity index (χ2v) is 4.56. The van der Waals surface area contributed by atoms with Crippen LogP contribution in [0.5, 0.6) is 0 Å². The Morgan fingerprint density at radius 2 is 1.45 bits per heavy atom. The Bertz CT molecular complexity index is 354. The number of carbonyl (C=O) groups is 2. The van der Waals surface area contributed by atoms with Gasteiger partial charge in [0.1, 0.15) is 0 Å². The lowest BCUT2D eigenvalue weighted by Crippen LogP contribution is -2.01. The molecular formula is C18H30O4. The zero-order valence-electron chi connectivity index (χ0n) is 14.1. The number of carbonyl (C=O) groups excluding carboxylic acids is 1. The molecule has 0 aromatic rings. The molecule has 0 amide bonds. The third kappa shape index (κ3) is 23.3. The van der Waals surface area contributed by atoms with Gasteiger partial charge >= 0.3 is 11.9 Å². The number of carboxylic acid groups (broad SMARTS) is 1. The Labute approximate surface area is 134 Å². The average Bonchev–Trinajstić information content (AvgIpc) is 2.48. The third-order valence-corrected chi connectivity index (χ3v) is 2.36. The zero-order chi connectivity index (χ0) is 17.1. The highest BCUT2D eigenvalue weighted by Crippen LogP contribution is 1.92. The van der Waals surface area contributed by atoms with Gasteiger partial charge in [-0.1, -0.05) is 57.9 Å². The van der Waals surface area contributed by atoms with Gasteiger partial charge in [-0.2, -0.15) is 0 Å². The van der Waals surface area contributed by atoms with Gasteiger partial charge in [-0.3, -0.25) is 0 Å². The van der Waals surface area contributed by atoms with E-state index < -0.39 is 5.97 Å². The van der Waals surface area contributed by atoms with Crippen LogP contribution in [0.4, 0.5) is 0 Å². The first-order valence-corrected chi connectivity index (χ1v) is 7.96. The Morgan fingerprint density at radius 1 is 0.864 bits per heavy atom. The maximum atomic E-state index is 11.0. The van der Waals surface area contributed by atoms with Crippen molar-refractivity contribution in [3.05, 3.63) is 36.5 Å². The van der Waals surface area contributed by atoms with Gasteiger partial charge in [0.05, 0.1) is 6.61 Å². The van der Waals surface area contributed by atoms with Crippen molar-refractivity contribution < 1.29 is 19.4 Å². The van der Waals surface area contributed by atoms with Crippen molar-refractivity contribution in [1.29, 1.82) is 0 Å². The molecule has 4 nitrogen and oxygen atoms in total. The quantitative estimate of drug-likeness (QED) is 0.276. The molecular weight excluding hydrogens is 280 g/mol. The van der Waals surface area contributed by atoms with Gasteiger partial charge in [0.2, 0.25) is 0 Å². The predicted molar refractivity (Wildman–Crippen MR) is 90.7 cm³/mol. The molecule has 0 saturated carbocycles. The smallest absolute Gasteiger partial charge is 0.330 e. The summed E-state index contributed by atoms with van der Waals surface area (Å²) < 4.78 is 4.96. The van der Waals surface area contributed by atoms with E-state index in [1.54, 1.807) is 6.08 Å². The molecule has 0 aromatic heterocycles. The van der Waals surface area contributed by atoms with Crippen LogP contribution in [-0.4, -0.2) is 23.7 Å². The molecule has 0 bridgehead atoms. The molecule has 0 heterocycles. The van der Waals surface area contributed by atoms with Gasteiger partial charge in [-0.25, -0.2) is 9.59 Å². The molecule has 126 valence electrons. The van der Waals surface area contributed by atoms with E-state index in [1.165, 1.54) is 12.2 Å². The second kappa shape index (κ2) is 19.2. The van der Waals surface area contributed by atoms with Gasteiger partial charge in [0.15, 0.2) is 0 Å². The highest BCUT2D eigenvalue weighted by Gasteiger charge is 1.93. The van der Waals surface area contributed by atoms with Crippen molar-refractivity contribution >= 4 is 11.9 Å². The molecule has 0 aromatic carbocycles. The summed E-state index contributed by atoms with van der Waals surface area (Å²) in [5, 5.41) is 8.05. The van der Waals surface area contributed by atoms with Crippen molar-refractivity contribution in [3.63, 3.8) is 0 Å². The topological polar surface area (TPSA) is 63.6 Å². The summed E-state index contributed by atoms with van der Waals surface area (Å²) in [6.07, 6.45) is 16.0. The zero-order valence-corrected chi connectivity index (χ0v) is 14.1. The summed E-state index contributed by atoms with van der Waals surface area (Å²) in [5.74, 6) is -1.10. The SMILES string of the molecule is CC/C=C\CCOC(=O)/C=C/CCC.CCC/C=C/C(=O)O. The van der Waals surface area contributed by atoms with E-state index in [-0.39, 0.29) is 5.97 Å². The van der Waals surface area contributed by atoms with Gasteiger partial charge < -0.3 is 9.84 Å². The lowest BCUT2D eigenvalue weighted by molar-refractivity contribution is -0.137. The van der Waals surface area contributed by atoms with Crippen molar-refractivity contribution in [3.8, 4) is 0 Å². The molecule has 0 aliphatic carbocycles. The van der Waals surface area contributed by atoms with E-state index in [0.29, 0.717) is 6.61 Å². The monoisotopic (exact) mass is 310 g/mol. The number of hydrogen-bond acceptors (Lipinski definition) is 3. The summed E-state index contributed by atoms with van der Waals surface area (Å²) in [5.41, 5.74) is 0. The lowest BCUT2D eigenvalue weighted by atomic mass is 10.3. The van der Waals surface area contributed by atoms with Gasteiger partial charge in [-0.05, 0) is 25.7 Å². The summed E-state index contributed by atoms with van der Waals surface area (Å²) >= 11 is 0. The van der Waals surface area contributed by atoms with E-state index in [1.807, 2.05) is 19.1 Å². The van der Waals surface area contributed by atoms with E-state index >= 15 is 0 Å². The molecule has 0 aliphatic heterocycles. The summed E-state index contributed by atoms with van der Waals surface area (Å²) in [6.45, 7) is 6.64. The van der Waals surface area contributed by atoms with E-state index in [4.69, 9.17) is 9.84 Å². The lowest BCUT2D eigenvalue weighted by Gasteiger charge is -1.97. The Kier molecular flexibility index (Phi) is 19.5. The van der Waals surface area contributed by atoms with Gasteiger partial charge in [-0.15, -0.1) is 0 Å². The molecule has 0 rings (SSSR count). The molecule has 0 atom stereocenters. The van der Waals surface area contributed by atoms with Crippen LogP contribution >= 0.6 is 0 Å². The minimum atomic E-state index is -0.863. The van der Waals surface area contributed by atoms with Crippen LogP contribution in [0, 0.1) is 0 Å². The number of rotatable bonds is 10.